The number of hydrogen-bond acceptors (Lipinski definition) is 3. The van der Waals surface area contributed by atoms with Gasteiger partial charge in [-0.1, -0.05) is 103 Å². The molecular weight excluding hydrogens is 410 g/mol. The number of carbonyl (C=O) groups excluding carboxylic acids is 3. The molecule has 194 valence electrons. The third kappa shape index (κ3) is 26.9. The average Bonchev–Trinajstić information content (AvgIpc) is 2.80. The number of unbranched alkanes of at least 4 members (excludes halogenated alkanes) is 17. The molecule has 0 saturated heterocycles. The summed E-state index contributed by atoms with van der Waals surface area (Å²) < 4.78 is 0. The average molecular weight is 466 g/mol. The van der Waals surface area contributed by atoms with Gasteiger partial charge in [-0.25, -0.2) is 0 Å². The van der Waals surface area contributed by atoms with E-state index in [1.807, 2.05) is 6.92 Å². The lowest BCUT2D eigenvalue weighted by Crippen LogP contribution is -2.23. The van der Waals surface area contributed by atoms with Crippen molar-refractivity contribution in [3.8, 4) is 0 Å². The monoisotopic (exact) mass is 465 g/mol. The molecule has 0 rings (SSSR count). The fourth-order valence-corrected chi connectivity index (χ4v) is 4.25. The predicted molar refractivity (Wildman–Crippen MR) is 141 cm³/mol. The van der Waals surface area contributed by atoms with Crippen LogP contribution < -0.4 is 5.32 Å². The molecule has 0 fully saturated rings. The maximum Gasteiger partial charge on any atom is 0.219 e. The fourth-order valence-electron chi connectivity index (χ4n) is 4.25. The van der Waals surface area contributed by atoms with Gasteiger partial charge in [0.2, 0.25) is 5.91 Å². The van der Waals surface area contributed by atoms with Crippen LogP contribution in [0.4, 0.5) is 0 Å². The second-order valence-electron chi connectivity index (χ2n) is 9.91. The Balaban J connectivity index is 3.19. The van der Waals surface area contributed by atoms with E-state index in [0.717, 1.165) is 45.1 Å². The molecule has 0 aliphatic carbocycles. The SMILES string of the molecule is CCC(=O)CCCCCCCCCCCNC(=O)CCCCCCCCCCCCC(C)=O. The summed E-state index contributed by atoms with van der Waals surface area (Å²) in [5.41, 5.74) is 0. The lowest BCUT2D eigenvalue weighted by molar-refractivity contribution is -0.121. The van der Waals surface area contributed by atoms with E-state index in [-0.39, 0.29) is 5.91 Å². The lowest BCUT2D eigenvalue weighted by Gasteiger charge is -2.06. The molecule has 0 unspecified atom stereocenters. The first-order valence-electron chi connectivity index (χ1n) is 14.3. The molecule has 4 heteroatoms. The first kappa shape index (κ1) is 31.8. The fraction of sp³-hybridized carbons (Fsp3) is 0.897. The first-order chi connectivity index (χ1) is 16.1. The standard InChI is InChI=1S/C29H55NO3/c1-3-28(32)24-20-16-12-8-6-10-14-18-22-26-30-29(33)25-21-17-13-9-5-4-7-11-15-19-23-27(2)31/h3-26H2,1-2H3,(H,30,33). The van der Waals surface area contributed by atoms with Crippen molar-refractivity contribution in [2.45, 2.75) is 162 Å². The molecular formula is C29H55NO3. The Morgan fingerprint density at radius 1 is 0.485 bits per heavy atom. The Kier molecular flexibility index (Phi) is 24.5. The summed E-state index contributed by atoms with van der Waals surface area (Å²) in [5, 5.41) is 3.08. The van der Waals surface area contributed by atoms with Gasteiger partial charge in [0.05, 0.1) is 0 Å². The summed E-state index contributed by atoms with van der Waals surface area (Å²) in [6.07, 6.45) is 26.0. The maximum atomic E-state index is 11.9. The Bertz CT molecular complexity index is 475. The summed E-state index contributed by atoms with van der Waals surface area (Å²) in [6.45, 7) is 4.45. The predicted octanol–water partition coefficient (Wildman–Crippen LogP) is 8.25. The smallest absolute Gasteiger partial charge is 0.219 e. The van der Waals surface area contributed by atoms with Crippen LogP contribution in [0.2, 0.25) is 0 Å². The second-order valence-corrected chi connectivity index (χ2v) is 9.91. The quantitative estimate of drug-likeness (QED) is 0.131. The van der Waals surface area contributed by atoms with Gasteiger partial charge in [-0.2, -0.15) is 0 Å². The van der Waals surface area contributed by atoms with Gasteiger partial charge in [0.1, 0.15) is 11.6 Å². The van der Waals surface area contributed by atoms with E-state index in [9.17, 15) is 14.4 Å². The first-order valence-corrected chi connectivity index (χ1v) is 14.3. The lowest BCUT2D eigenvalue weighted by atomic mass is 10.0. The van der Waals surface area contributed by atoms with Gasteiger partial charge in [-0.15, -0.1) is 0 Å². The van der Waals surface area contributed by atoms with E-state index in [2.05, 4.69) is 5.32 Å². The van der Waals surface area contributed by atoms with E-state index in [0.29, 0.717) is 24.4 Å². The summed E-state index contributed by atoms with van der Waals surface area (Å²) >= 11 is 0. The van der Waals surface area contributed by atoms with Gasteiger partial charge in [-0.05, 0) is 32.6 Å². The van der Waals surface area contributed by atoms with Crippen LogP contribution in [0.15, 0.2) is 0 Å². The van der Waals surface area contributed by atoms with Crippen LogP contribution in [-0.2, 0) is 14.4 Å². The molecule has 0 radical (unpaired) electrons. The molecule has 4 nitrogen and oxygen atoms in total. The summed E-state index contributed by atoms with van der Waals surface area (Å²) in [6, 6.07) is 0. The number of Topliss-reactive ketones (excluding diaryl/α,β-unsaturated/α-hetero) is 2. The molecule has 1 N–H and O–H groups in total. The Labute approximate surface area is 205 Å². The molecule has 0 atom stereocenters. The zero-order valence-electron chi connectivity index (χ0n) is 22.2. The van der Waals surface area contributed by atoms with Crippen molar-refractivity contribution in [2.24, 2.45) is 0 Å². The van der Waals surface area contributed by atoms with Gasteiger partial charge in [0.25, 0.3) is 0 Å². The van der Waals surface area contributed by atoms with Crippen LogP contribution >= 0.6 is 0 Å². The van der Waals surface area contributed by atoms with Crippen LogP contribution in [0.25, 0.3) is 0 Å². The molecule has 0 heterocycles. The second kappa shape index (κ2) is 25.4. The van der Waals surface area contributed by atoms with E-state index in [1.54, 1.807) is 6.92 Å². The van der Waals surface area contributed by atoms with E-state index in [4.69, 9.17) is 0 Å². The molecule has 0 saturated carbocycles. The number of rotatable bonds is 26. The molecule has 0 aromatic heterocycles. The van der Waals surface area contributed by atoms with Crippen LogP contribution in [0.5, 0.6) is 0 Å². The third-order valence-corrected chi connectivity index (χ3v) is 6.53. The highest BCUT2D eigenvalue weighted by molar-refractivity contribution is 5.77. The van der Waals surface area contributed by atoms with Crippen LogP contribution in [0.3, 0.4) is 0 Å². The topological polar surface area (TPSA) is 63.2 Å². The number of hydrogen-bond donors (Lipinski definition) is 1. The van der Waals surface area contributed by atoms with Crippen LogP contribution in [0.1, 0.15) is 162 Å². The van der Waals surface area contributed by atoms with Gasteiger partial charge in [-0.3, -0.25) is 9.59 Å². The normalized spacial score (nSPS) is 11.0. The van der Waals surface area contributed by atoms with Crippen molar-refractivity contribution in [3.63, 3.8) is 0 Å². The van der Waals surface area contributed by atoms with Gasteiger partial charge >= 0.3 is 0 Å². The minimum Gasteiger partial charge on any atom is -0.356 e. The summed E-state index contributed by atoms with van der Waals surface area (Å²) in [5.74, 6) is 0.941. The van der Waals surface area contributed by atoms with E-state index < -0.39 is 0 Å². The largest absolute Gasteiger partial charge is 0.356 e. The minimum absolute atomic E-state index is 0.224. The molecule has 0 bridgehead atoms. The van der Waals surface area contributed by atoms with Gasteiger partial charge < -0.3 is 10.1 Å². The van der Waals surface area contributed by atoms with Gasteiger partial charge in [0, 0.05) is 32.2 Å². The summed E-state index contributed by atoms with van der Waals surface area (Å²) in [4.78, 5) is 34.0. The van der Waals surface area contributed by atoms with Gasteiger partial charge in [0.15, 0.2) is 0 Å². The number of carbonyl (C=O) groups is 3. The Morgan fingerprint density at radius 2 is 0.848 bits per heavy atom. The molecule has 0 aliphatic heterocycles. The zero-order chi connectivity index (χ0) is 24.4. The number of ketones is 2. The van der Waals surface area contributed by atoms with Crippen LogP contribution in [-0.4, -0.2) is 24.0 Å². The molecule has 0 aromatic carbocycles. The molecule has 33 heavy (non-hydrogen) atoms. The number of nitrogens with one attached hydrogen (secondary N) is 1. The molecule has 0 aliphatic rings. The highest BCUT2D eigenvalue weighted by atomic mass is 16.1. The minimum atomic E-state index is 0.224. The third-order valence-electron chi connectivity index (χ3n) is 6.53. The highest BCUT2D eigenvalue weighted by Crippen LogP contribution is 2.13. The highest BCUT2D eigenvalue weighted by Gasteiger charge is 2.01. The zero-order valence-corrected chi connectivity index (χ0v) is 22.2. The van der Waals surface area contributed by atoms with Crippen molar-refractivity contribution in [2.75, 3.05) is 6.54 Å². The molecule has 1 amide bonds. The van der Waals surface area contributed by atoms with Crippen molar-refractivity contribution < 1.29 is 14.4 Å². The molecule has 0 aromatic rings. The van der Waals surface area contributed by atoms with Crippen molar-refractivity contribution in [1.82, 2.24) is 5.32 Å². The van der Waals surface area contributed by atoms with Crippen molar-refractivity contribution >= 4 is 17.5 Å². The van der Waals surface area contributed by atoms with Crippen molar-refractivity contribution in [3.05, 3.63) is 0 Å². The molecule has 0 spiro atoms. The van der Waals surface area contributed by atoms with E-state index >= 15 is 0 Å². The van der Waals surface area contributed by atoms with E-state index in [1.165, 1.54) is 96.3 Å². The number of amides is 1. The van der Waals surface area contributed by atoms with Crippen LogP contribution in [0, 0.1) is 0 Å². The maximum absolute atomic E-state index is 11.9. The Morgan fingerprint density at radius 3 is 1.27 bits per heavy atom. The summed E-state index contributed by atoms with van der Waals surface area (Å²) in [7, 11) is 0. The Hall–Kier alpha value is -1.19. The van der Waals surface area contributed by atoms with Crippen molar-refractivity contribution in [1.29, 1.82) is 0 Å².